The van der Waals surface area contributed by atoms with Gasteiger partial charge in [0.1, 0.15) is 5.60 Å². The van der Waals surface area contributed by atoms with Gasteiger partial charge in [0.2, 0.25) is 0 Å². The van der Waals surface area contributed by atoms with E-state index in [1.54, 1.807) is 0 Å². The van der Waals surface area contributed by atoms with Gasteiger partial charge in [0.15, 0.2) is 0 Å². The fourth-order valence-corrected chi connectivity index (χ4v) is 4.17. The van der Waals surface area contributed by atoms with Crippen LogP contribution in [-0.4, -0.2) is 11.6 Å². The molecular weight excluding hydrogens is 236 g/mol. The molecule has 19 heavy (non-hydrogen) atoms. The lowest BCUT2D eigenvalue weighted by atomic mass is 9.86. The lowest BCUT2D eigenvalue weighted by Crippen LogP contribution is -2.41. The summed E-state index contributed by atoms with van der Waals surface area (Å²) < 4.78 is 5.55. The first kappa shape index (κ1) is 9.79. The summed E-state index contributed by atoms with van der Waals surface area (Å²) in [6.07, 6.45) is 1.51. The van der Waals surface area contributed by atoms with Crippen LogP contribution < -0.4 is 0 Å². The molecule has 0 bridgehead atoms. The Labute approximate surface area is 111 Å². The molecule has 1 saturated carbocycles. The summed E-state index contributed by atoms with van der Waals surface area (Å²) in [6, 6.07) is 17.1. The Morgan fingerprint density at radius 2 is 1.42 bits per heavy atom. The van der Waals surface area contributed by atoms with Crippen molar-refractivity contribution in [2.75, 3.05) is 0 Å². The summed E-state index contributed by atoms with van der Waals surface area (Å²) in [5.74, 6) is -0.0567. The van der Waals surface area contributed by atoms with Gasteiger partial charge in [0.25, 0.3) is 0 Å². The van der Waals surface area contributed by atoms with Crippen molar-refractivity contribution in [1.29, 1.82) is 0 Å². The highest BCUT2D eigenvalue weighted by atomic mass is 16.6. The van der Waals surface area contributed by atoms with Crippen molar-refractivity contribution >= 4 is 5.97 Å². The number of carbonyl (C=O) groups is 1. The van der Waals surface area contributed by atoms with Gasteiger partial charge in [-0.05, 0) is 22.3 Å². The molecule has 1 aliphatic heterocycles. The largest absolute Gasteiger partial charge is 0.457 e. The number of ether oxygens (including phenoxy) is 1. The number of carbonyl (C=O) groups excluding carboxylic acids is 1. The minimum Gasteiger partial charge on any atom is -0.457 e. The molecule has 0 N–H and O–H groups in total. The molecule has 2 aromatic carbocycles. The predicted octanol–water partition coefficient (Wildman–Crippen LogP) is 3.04. The fourth-order valence-electron chi connectivity index (χ4n) is 4.17. The number of hydrogen-bond acceptors (Lipinski definition) is 2. The summed E-state index contributed by atoms with van der Waals surface area (Å²) in [6.45, 7) is 0. The molecule has 2 spiro atoms. The molecule has 1 unspecified atom stereocenters. The van der Waals surface area contributed by atoms with Crippen molar-refractivity contribution < 1.29 is 9.53 Å². The van der Waals surface area contributed by atoms with Gasteiger partial charge in [-0.15, -0.1) is 0 Å². The second kappa shape index (κ2) is 2.74. The van der Waals surface area contributed by atoms with Crippen LogP contribution in [0.5, 0.6) is 0 Å². The first-order valence-electron chi connectivity index (χ1n) is 6.68. The van der Waals surface area contributed by atoms with Crippen molar-refractivity contribution in [3.63, 3.8) is 0 Å². The molecule has 2 aliphatic carbocycles. The zero-order valence-corrected chi connectivity index (χ0v) is 10.3. The Morgan fingerprint density at radius 3 is 1.95 bits per heavy atom. The Hall–Kier alpha value is -2.09. The molecule has 1 heterocycles. The second-order valence-corrected chi connectivity index (χ2v) is 5.82. The average molecular weight is 248 g/mol. The van der Waals surface area contributed by atoms with E-state index in [9.17, 15) is 4.79 Å². The van der Waals surface area contributed by atoms with Crippen molar-refractivity contribution in [1.82, 2.24) is 0 Å². The molecule has 0 aromatic heterocycles. The Bertz CT molecular complexity index is 691. The minimum atomic E-state index is -0.243. The molecule has 2 nitrogen and oxygen atoms in total. The fraction of sp³-hybridized carbons (Fsp3) is 0.235. The first-order valence-corrected chi connectivity index (χ1v) is 6.68. The van der Waals surface area contributed by atoms with E-state index < -0.39 is 0 Å². The molecule has 5 rings (SSSR count). The van der Waals surface area contributed by atoms with E-state index in [4.69, 9.17) is 4.74 Å². The van der Waals surface area contributed by atoms with Crippen LogP contribution in [0.4, 0.5) is 0 Å². The van der Waals surface area contributed by atoms with Crippen LogP contribution in [0.15, 0.2) is 48.5 Å². The Kier molecular flexibility index (Phi) is 1.41. The summed E-state index contributed by atoms with van der Waals surface area (Å²) in [4.78, 5) is 11.3. The third kappa shape index (κ3) is 0.887. The quantitative estimate of drug-likeness (QED) is 0.670. The van der Waals surface area contributed by atoms with Crippen LogP contribution in [0, 0.1) is 0 Å². The van der Waals surface area contributed by atoms with Gasteiger partial charge >= 0.3 is 5.97 Å². The number of hydrogen-bond donors (Lipinski definition) is 0. The maximum Gasteiger partial charge on any atom is 0.310 e. The van der Waals surface area contributed by atoms with E-state index >= 15 is 0 Å². The highest BCUT2D eigenvalue weighted by Gasteiger charge is 2.79. The maximum atomic E-state index is 11.3. The van der Waals surface area contributed by atoms with Gasteiger partial charge in [0.05, 0.1) is 11.8 Å². The molecule has 1 atom stereocenters. The molecule has 3 aliphatic rings. The molecule has 0 amide bonds. The average Bonchev–Trinajstić information content (AvgIpc) is 3.00. The van der Waals surface area contributed by atoms with Crippen molar-refractivity contribution in [2.24, 2.45) is 0 Å². The van der Waals surface area contributed by atoms with E-state index in [0.29, 0.717) is 6.42 Å². The lowest BCUT2D eigenvalue weighted by Gasteiger charge is -2.31. The smallest absolute Gasteiger partial charge is 0.310 e. The summed E-state index contributed by atoms with van der Waals surface area (Å²) in [5.41, 5.74) is 4.98. The molecule has 2 heteroatoms. The van der Waals surface area contributed by atoms with E-state index in [1.807, 2.05) is 0 Å². The van der Waals surface area contributed by atoms with Crippen LogP contribution in [0.2, 0.25) is 0 Å². The normalized spacial score (nSPS) is 27.7. The summed E-state index contributed by atoms with van der Waals surface area (Å²) in [5, 5.41) is 0. The van der Waals surface area contributed by atoms with Crippen LogP contribution >= 0.6 is 0 Å². The van der Waals surface area contributed by atoms with Crippen LogP contribution in [-0.2, 0) is 14.9 Å². The topological polar surface area (TPSA) is 26.3 Å². The minimum absolute atomic E-state index is 0.0567. The highest BCUT2D eigenvalue weighted by Crippen LogP contribution is 2.73. The van der Waals surface area contributed by atoms with Crippen LogP contribution in [0.25, 0.3) is 11.1 Å². The van der Waals surface area contributed by atoms with Crippen molar-refractivity contribution in [3.8, 4) is 11.1 Å². The van der Waals surface area contributed by atoms with Crippen molar-refractivity contribution in [2.45, 2.75) is 23.9 Å². The molecule has 0 radical (unpaired) electrons. The Balaban J connectivity index is 1.82. The number of benzene rings is 2. The van der Waals surface area contributed by atoms with Gasteiger partial charge in [-0.2, -0.15) is 0 Å². The van der Waals surface area contributed by atoms with Gasteiger partial charge < -0.3 is 4.74 Å². The molecule has 2 aromatic rings. The molecule has 2 fully saturated rings. The van der Waals surface area contributed by atoms with Crippen molar-refractivity contribution in [3.05, 3.63) is 59.7 Å². The van der Waals surface area contributed by atoms with Crippen LogP contribution in [0.3, 0.4) is 0 Å². The van der Waals surface area contributed by atoms with Gasteiger partial charge in [-0.1, -0.05) is 48.5 Å². The standard InChI is InChI=1S/C17H12O2/c18-15-9-16(19-15)10-17(16)13-7-3-1-5-11(13)12-6-2-4-8-14(12)17/h1-8H,9-10H2. The monoisotopic (exact) mass is 248 g/mol. The highest BCUT2D eigenvalue weighted by molar-refractivity contribution is 5.89. The SMILES string of the molecule is O=C1CC2(CC23c2ccccc2-c2ccccc23)O1. The first-order chi connectivity index (χ1) is 9.27. The predicted molar refractivity (Wildman–Crippen MR) is 70.7 cm³/mol. The van der Waals surface area contributed by atoms with E-state index in [2.05, 4.69) is 48.5 Å². The molecule has 92 valence electrons. The lowest BCUT2D eigenvalue weighted by molar-refractivity contribution is -0.176. The summed E-state index contributed by atoms with van der Waals surface area (Å²) >= 11 is 0. The zero-order valence-electron chi connectivity index (χ0n) is 10.3. The van der Waals surface area contributed by atoms with E-state index in [1.165, 1.54) is 22.3 Å². The summed E-state index contributed by atoms with van der Waals surface area (Å²) in [7, 11) is 0. The van der Waals surface area contributed by atoms with E-state index in [0.717, 1.165) is 6.42 Å². The second-order valence-electron chi connectivity index (χ2n) is 5.82. The van der Waals surface area contributed by atoms with Gasteiger partial charge in [-0.25, -0.2) is 0 Å². The molecule has 1 saturated heterocycles. The number of rotatable bonds is 0. The zero-order chi connectivity index (χ0) is 12.7. The third-order valence-electron chi connectivity index (χ3n) is 5.01. The number of fused-ring (bicyclic) bond motifs is 6. The van der Waals surface area contributed by atoms with Gasteiger partial charge in [0, 0.05) is 6.42 Å². The maximum absolute atomic E-state index is 11.3. The van der Waals surface area contributed by atoms with E-state index in [-0.39, 0.29) is 17.0 Å². The van der Waals surface area contributed by atoms with Gasteiger partial charge in [-0.3, -0.25) is 4.79 Å². The third-order valence-corrected chi connectivity index (χ3v) is 5.01. The number of esters is 1. The van der Waals surface area contributed by atoms with Crippen LogP contribution in [0.1, 0.15) is 24.0 Å². The Morgan fingerprint density at radius 1 is 0.895 bits per heavy atom. The molecular formula is C17H12O2.